The molecule has 2 fully saturated rings. The van der Waals surface area contributed by atoms with Crippen molar-refractivity contribution >= 4 is 5.69 Å². The lowest BCUT2D eigenvalue weighted by Crippen LogP contribution is -2.44. The van der Waals surface area contributed by atoms with E-state index in [0.29, 0.717) is 18.4 Å². The van der Waals surface area contributed by atoms with Crippen molar-refractivity contribution in [3.63, 3.8) is 0 Å². The van der Waals surface area contributed by atoms with Crippen LogP contribution in [0, 0.1) is 5.82 Å². The molecule has 3 rings (SSSR count). The Hall–Kier alpha value is -1.33. The lowest BCUT2D eigenvalue weighted by molar-refractivity contribution is -0.0828. The highest BCUT2D eigenvalue weighted by Gasteiger charge is 2.41. The zero-order valence-electron chi connectivity index (χ0n) is 11.7. The summed E-state index contributed by atoms with van der Waals surface area (Å²) in [6.45, 7) is 2.17. The van der Waals surface area contributed by atoms with E-state index in [-0.39, 0.29) is 11.4 Å². The van der Waals surface area contributed by atoms with Crippen molar-refractivity contribution in [1.82, 2.24) is 0 Å². The Morgan fingerprint density at radius 2 is 2.30 bits per heavy atom. The molecule has 2 aliphatic heterocycles. The van der Waals surface area contributed by atoms with E-state index in [1.807, 2.05) is 0 Å². The summed E-state index contributed by atoms with van der Waals surface area (Å²) < 4.78 is 29.8. The highest BCUT2D eigenvalue weighted by atomic mass is 19.1. The Balaban J connectivity index is 1.71. The summed E-state index contributed by atoms with van der Waals surface area (Å²) in [6.07, 6.45) is 2.79. The second kappa shape index (κ2) is 5.58. The van der Waals surface area contributed by atoms with Crippen LogP contribution >= 0.6 is 0 Å². The molecule has 0 bridgehead atoms. The fourth-order valence-electron chi connectivity index (χ4n) is 3.02. The second-order valence-electron chi connectivity index (χ2n) is 5.51. The van der Waals surface area contributed by atoms with Crippen LogP contribution in [0.25, 0.3) is 0 Å². The summed E-state index contributed by atoms with van der Waals surface area (Å²) in [6, 6.07) is 4.86. The summed E-state index contributed by atoms with van der Waals surface area (Å²) in [4.78, 5) is 0. The largest absolute Gasteiger partial charge is 0.494 e. The lowest BCUT2D eigenvalue weighted by Gasteiger charge is -2.37. The Morgan fingerprint density at radius 1 is 1.40 bits per heavy atom. The number of hydrogen-bond donors (Lipinski definition) is 1. The van der Waals surface area contributed by atoms with Gasteiger partial charge in [-0.15, -0.1) is 0 Å². The molecular formula is C15H20FNO3. The maximum atomic E-state index is 13.2. The van der Waals surface area contributed by atoms with Gasteiger partial charge in [0.2, 0.25) is 0 Å². The molecule has 0 radical (unpaired) electrons. The smallest absolute Gasteiger partial charge is 0.144 e. The van der Waals surface area contributed by atoms with Crippen LogP contribution in [-0.4, -0.2) is 38.6 Å². The van der Waals surface area contributed by atoms with E-state index in [9.17, 15) is 4.39 Å². The van der Waals surface area contributed by atoms with Crippen LogP contribution in [0.3, 0.4) is 0 Å². The van der Waals surface area contributed by atoms with Gasteiger partial charge in [-0.2, -0.15) is 0 Å². The van der Waals surface area contributed by atoms with E-state index in [1.54, 1.807) is 13.2 Å². The molecule has 2 aliphatic rings. The minimum Gasteiger partial charge on any atom is -0.494 e. The van der Waals surface area contributed by atoms with Gasteiger partial charge in [0, 0.05) is 31.7 Å². The van der Waals surface area contributed by atoms with E-state index < -0.39 is 0 Å². The number of rotatable bonds is 3. The molecule has 110 valence electrons. The summed E-state index contributed by atoms with van der Waals surface area (Å²) >= 11 is 0. The molecule has 1 spiro atoms. The summed E-state index contributed by atoms with van der Waals surface area (Å²) in [5, 5.41) is 3.45. The van der Waals surface area contributed by atoms with Gasteiger partial charge in [-0.1, -0.05) is 0 Å². The molecule has 0 aromatic heterocycles. The van der Waals surface area contributed by atoms with Gasteiger partial charge in [0.1, 0.15) is 11.6 Å². The fraction of sp³-hybridized carbons (Fsp3) is 0.600. The molecule has 1 aromatic rings. The van der Waals surface area contributed by atoms with E-state index in [4.69, 9.17) is 14.2 Å². The van der Waals surface area contributed by atoms with E-state index >= 15 is 0 Å². The Kier molecular flexibility index (Phi) is 3.81. The van der Waals surface area contributed by atoms with Crippen LogP contribution < -0.4 is 10.1 Å². The van der Waals surface area contributed by atoms with Crippen molar-refractivity contribution in [1.29, 1.82) is 0 Å². The molecular weight excluding hydrogens is 261 g/mol. The monoisotopic (exact) mass is 281 g/mol. The zero-order chi connectivity index (χ0) is 14.0. The molecule has 5 heteroatoms. The number of anilines is 1. The van der Waals surface area contributed by atoms with Crippen molar-refractivity contribution < 1.29 is 18.6 Å². The molecule has 1 N–H and O–H groups in total. The van der Waals surface area contributed by atoms with Gasteiger partial charge in [0.05, 0.1) is 25.0 Å². The van der Waals surface area contributed by atoms with Gasteiger partial charge in [0.15, 0.2) is 0 Å². The second-order valence-corrected chi connectivity index (χ2v) is 5.51. The van der Waals surface area contributed by atoms with Crippen molar-refractivity contribution in [2.75, 3.05) is 32.2 Å². The molecule has 1 aromatic carbocycles. The number of nitrogens with one attached hydrogen (secondary N) is 1. The third-order valence-electron chi connectivity index (χ3n) is 4.08. The van der Waals surface area contributed by atoms with Crippen LogP contribution in [0.15, 0.2) is 18.2 Å². The number of ether oxygens (including phenoxy) is 3. The third kappa shape index (κ3) is 2.74. The first-order valence-corrected chi connectivity index (χ1v) is 7.03. The first-order chi connectivity index (χ1) is 9.71. The third-order valence-corrected chi connectivity index (χ3v) is 4.08. The summed E-state index contributed by atoms with van der Waals surface area (Å²) in [5.41, 5.74) is 0.693. The van der Waals surface area contributed by atoms with Crippen LogP contribution in [0.1, 0.15) is 19.3 Å². The van der Waals surface area contributed by atoms with Crippen LogP contribution in [-0.2, 0) is 9.47 Å². The molecule has 0 amide bonds. The number of halogens is 1. The summed E-state index contributed by atoms with van der Waals surface area (Å²) in [5.74, 6) is 0.244. The predicted octanol–water partition coefficient (Wildman–Crippen LogP) is 2.58. The number of methoxy groups -OCH3 is 1. The fourth-order valence-corrected chi connectivity index (χ4v) is 3.02. The molecule has 2 heterocycles. The Morgan fingerprint density at radius 3 is 3.05 bits per heavy atom. The zero-order valence-corrected chi connectivity index (χ0v) is 11.7. The minimum atomic E-state index is -0.292. The molecule has 2 unspecified atom stereocenters. The normalized spacial score (nSPS) is 29.6. The topological polar surface area (TPSA) is 39.7 Å². The van der Waals surface area contributed by atoms with Crippen molar-refractivity contribution in [2.24, 2.45) is 0 Å². The average molecular weight is 281 g/mol. The van der Waals surface area contributed by atoms with Crippen molar-refractivity contribution in [3.05, 3.63) is 24.0 Å². The SMILES string of the molecule is COc1cc(F)ccc1NC1CCOC2(CCOC2)C1. The van der Waals surface area contributed by atoms with Crippen LogP contribution in [0.4, 0.5) is 10.1 Å². The van der Waals surface area contributed by atoms with Gasteiger partial charge in [0.25, 0.3) is 0 Å². The number of benzene rings is 1. The standard InChI is InChI=1S/C15H20FNO3/c1-18-14-8-11(16)2-3-13(14)17-12-4-6-20-15(9-12)5-7-19-10-15/h2-3,8,12,17H,4-7,9-10H2,1H3. The summed E-state index contributed by atoms with van der Waals surface area (Å²) in [7, 11) is 1.55. The van der Waals surface area contributed by atoms with E-state index in [2.05, 4.69) is 5.32 Å². The minimum absolute atomic E-state index is 0.136. The number of hydrogen-bond acceptors (Lipinski definition) is 4. The van der Waals surface area contributed by atoms with E-state index in [1.165, 1.54) is 12.1 Å². The maximum Gasteiger partial charge on any atom is 0.144 e. The lowest BCUT2D eigenvalue weighted by atomic mass is 9.89. The van der Waals surface area contributed by atoms with Gasteiger partial charge < -0.3 is 19.5 Å². The van der Waals surface area contributed by atoms with Crippen molar-refractivity contribution in [2.45, 2.75) is 30.9 Å². The first-order valence-electron chi connectivity index (χ1n) is 7.03. The molecule has 20 heavy (non-hydrogen) atoms. The highest BCUT2D eigenvalue weighted by Crippen LogP contribution is 2.35. The van der Waals surface area contributed by atoms with E-state index in [0.717, 1.165) is 38.2 Å². The molecule has 0 aliphatic carbocycles. The molecule has 2 saturated heterocycles. The molecule has 2 atom stereocenters. The average Bonchev–Trinajstić information content (AvgIpc) is 2.89. The molecule has 4 nitrogen and oxygen atoms in total. The van der Waals surface area contributed by atoms with Crippen LogP contribution in [0.2, 0.25) is 0 Å². The maximum absolute atomic E-state index is 13.2. The van der Waals surface area contributed by atoms with Gasteiger partial charge in [-0.05, 0) is 25.0 Å². The van der Waals surface area contributed by atoms with Gasteiger partial charge in [-0.3, -0.25) is 0 Å². The first kappa shape index (κ1) is 13.6. The quantitative estimate of drug-likeness (QED) is 0.924. The molecule has 0 saturated carbocycles. The predicted molar refractivity (Wildman–Crippen MR) is 73.7 cm³/mol. The highest BCUT2D eigenvalue weighted by molar-refractivity contribution is 5.57. The Bertz CT molecular complexity index is 474. The van der Waals surface area contributed by atoms with Gasteiger partial charge in [-0.25, -0.2) is 4.39 Å². The van der Waals surface area contributed by atoms with Crippen molar-refractivity contribution in [3.8, 4) is 5.75 Å². The van der Waals surface area contributed by atoms with Crippen LogP contribution in [0.5, 0.6) is 5.75 Å². The Labute approximate surface area is 118 Å². The van der Waals surface area contributed by atoms with Gasteiger partial charge >= 0.3 is 0 Å².